The van der Waals surface area contributed by atoms with E-state index in [-0.39, 0.29) is 17.4 Å². The van der Waals surface area contributed by atoms with Gasteiger partial charge in [0.05, 0.1) is 5.02 Å². The number of benzene rings is 2. The van der Waals surface area contributed by atoms with Crippen LogP contribution in [0.15, 0.2) is 36.4 Å². The average molecular weight is 269 g/mol. The standard InChI is InChI=1S/C14H11ClF2O/c1-9-7-11(16)5-6-13(9)18-8-10-3-2-4-12(15)14(10)17/h2-7H,8H2,1H3. The Morgan fingerprint density at radius 1 is 1.17 bits per heavy atom. The van der Waals surface area contributed by atoms with E-state index in [9.17, 15) is 8.78 Å². The smallest absolute Gasteiger partial charge is 0.148 e. The predicted molar refractivity (Wildman–Crippen MR) is 66.9 cm³/mol. The predicted octanol–water partition coefficient (Wildman–Crippen LogP) is 4.51. The van der Waals surface area contributed by atoms with Crippen LogP contribution in [-0.2, 0) is 6.61 Å². The molecule has 0 fully saturated rings. The number of hydrogen-bond acceptors (Lipinski definition) is 1. The third-order valence-corrected chi connectivity index (χ3v) is 2.84. The van der Waals surface area contributed by atoms with E-state index in [4.69, 9.17) is 16.3 Å². The molecule has 2 aromatic rings. The molecule has 0 bridgehead atoms. The molecule has 18 heavy (non-hydrogen) atoms. The van der Waals surface area contributed by atoms with Gasteiger partial charge in [-0.3, -0.25) is 0 Å². The summed E-state index contributed by atoms with van der Waals surface area (Å²) in [6, 6.07) is 8.92. The average Bonchev–Trinajstić information content (AvgIpc) is 2.33. The van der Waals surface area contributed by atoms with Gasteiger partial charge in [-0.25, -0.2) is 8.78 Å². The highest BCUT2D eigenvalue weighted by Crippen LogP contribution is 2.22. The van der Waals surface area contributed by atoms with Crippen molar-refractivity contribution in [1.29, 1.82) is 0 Å². The summed E-state index contributed by atoms with van der Waals surface area (Å²) < 4.78 is 31.9. The van der Waals surface area contributed by atoms with Crippen LogP contribution in [-0.4, -0.2) is 0 Å². The van der Waals surface area contributed by atoms with E-state index < -0.39 is 5.82 Å². The minimum atomic E-state index is -0.487. The van der Waals surface area contributed by atoms with Gasteiger partial charge < -0.3 is 4.74 Å². The largest absolute Gasteiger partial charge is 0.489 e. The van der Waals surface area contributed by atoms with Crippen molar-refractivity contribution in [3.8, 4) is 5.75 Å². The Labute approximate surface area is 109 Å². The van der Waals surface area contributed by atoms with Crippen molar-refractivity contribution >= 4 is 11.6 Å². The number of aryl methyl sites for hydroxylation is 1. The van der Waals surface area contributed by atoms with Gasteiger partial charge >= 0.3 is 0 Å². The molecule has 0 unspecified atom stereocenters. The number of hydrogen-bond donors (Lipinski definition) is 0. The Balaban J connectivity index is 2.14. The highest BCUT2D eigenvalue weighted by atomic mass is 35.5. The quantitative estimate of drug-likeness (QED) is 0.796. The van der Waals surface area contributed by atoms with Crippen LogP contribution in [0.4, 0.5) is 8.78 Å². The zero-order valence-electron chi connectivity index (χ0n) is 9.71. The normalized spacial score (nSPS) is 10.4. The molecule has 2 rings (SSSR count). The molecule has 0 spiro atoms. The Hall–Kier alpha value is -1.61. The summed E-state index contributed by atoms with van der Waals surface area (Å²) in [7, 11) is 0. The maximum absolute atomic E-state index is 13.6. The fraction of sp³-hybridized carbons (Fsp3) is 0.143. The lowest BCUT2D eigenvalue weighted by atomic mass is 10.2. The molecule has 0 atom stereocenters. The van der Waals surface area contributed by atoms with Crippen LogP contribution in [0.1, 0.15) is 11.1 Å². The van der Waals surface area contributed by atoms with Crippen LogP contribution in [0.3, 0.4) is 0 Å². The molecule has 0 saturated carbocycles. The van der Waals surface area contributed by atoms with Crippen LogP contribution in [0.2, 0.25) is 5.02 Å². The van der Waals surface area contributed by atoms with E-state index in [1.54, 1.807) is 19.1 Å². The van der Waals surface area contributed by atoms with Gasteiger partial charge in [0, 0.05) is 5.56 Å². The summed E-state index contributed by atoms with van der Waals surface area (Å²) in [5.74, 6) is -0.288. The first-order chi connectivity index (χ1) is 8.58. The summed E-state index contributed by atoms with van der Waals surface area (Å²) in [4.78, 5) is 0. The Kier molecular flexibility index (Phi) is 3.82. The molecule has 0 heterocycles. The Morgan fingerprint density at radius 3 is 2.67 bits per heavy atom. The molecule has 0 aliphatic rings. The summed E-state index contributed by atoms with van der Waals surface area (Å²) in [5.41, 5.74) is 1.03. The molecule has 4 heteroatoms. The molecule has 0 radical (unpaired) electrons. The van der Waals surface area contributed by atoms with Crippen molar-refractivity contribution in [3.63, 3.8) is 0 Å². The summed E-state index contributed by atoms with van der Waals surface area (Å²) in [5, 5.41) is 0.0620. The number of rotatable bonds is 3. The molecule has 1 nitrogen and oxygen atoms in total. The lowest BCUT2D eigenvalue weighted by Crippen LogP contribution is -2.00. The molecule has 0 aromatic heterocycles. The number of halogens is 3. The highest BCUT2D eigenvalue weighted by molar-refractivity contribution is 6.30. The first kappa shape index (κ1) is 12.8. The summed E-state index contributed by atoms with van der Waals surface area (Å²) >= 11 is 5.67. The summed E-state index contributed by atoms with van der Waals surface area (Å²) in [6.45, 7) is 1.78. The fourth-order valence-electron chi connectivity index (χ4n) is 1.59. The fourth-order valence-corrected chi connectivity index (χ4v) is 1.78. The van der Waals surface area contributed by atoms with Gasteiger partial charge in [-0.05, 0) is 36.8 Å². The molecule has 2 aromatic carbocycles. The van der Waals surface area contributed by atoms with E-state index in [1.165, 1.54) is 24.3 Å². The monoisotopic (exact) mass is 268 g/mol. The van der Waals surface area contributed by atoms with Crippen LogP contribution >= 0.6 is 11.6 Å². The zero-order valence-corrected chi connectivity index (χ0v) is 10.5. The molecule has 0 aliphatic carbocycles. The van der Waals surface area contributed by atoms with E-state index in [2.05, 4.69) is 0 Å². The van der Waals surface area contributed by atoms with Crippen molar-refractivity contribution in [2.24, 2.45) is 0 Å². The van der Waals surface area contributed by atoms with E-state index >= 15 is 0 Å². The second kappa shape index (κ2) is 5.36. The van der Waals surface area contributed by atoms with Crippen molar-refractivity contribution in [2.75, 3.05) is 0 Å². The lowest BCUT2D eigenvalue weighted by Gasteiger charge is -2.10. The zero-order chi connectivity index (χ0) is 13.1. The first-order valence-corrected chi connectivity index (χ1v) is 5.77. The molecular formula is C14H11ClF2O. The van der Waals surface area contributed by atoms with E-state index in [0.29, 0.717) is 16.9 Å². The minimum absolute atomic E-state index is 0.0544. The number of ether oxygens (including phenoxy) is 1. The van der Waals surface area contributed by atoms with Gasteiger partial charge in [-0.1, -0.05) is 23.7 Å². The minimum Gasteiger partial charge on any atom is -0.489 e. The Bertz CT molecular complexity index is 570. The van der Waals surface area contributed by atoms with Crippen LogP contribution in [0, 0.1) is 18.6 Å². The maximum atomic E-state index is 13.6. The topological polar surface area (TPSA) is 9.23 Å². The molecular weight excluding hydrogens is 258 g/mol. The van der Waals surface area contributed by atoms with Crippen molar-refractivity contribution < 1.29 is 13.5 Å². The van der Waals surface area contributed by atoms with E-state index in [1.807, 2.05) is 0 Å². The molecule has 94 valence electrons. The van der Waals surface area contributed by atoms with Gasteiger partial charge in [0.25, 0.3) is 0 Å². The first-order valence-electron chi connectivity index (χ1n) is 5.40. The SMILES string of the molecule is Cc1cc(F)ccc1OCc1cccc(Cl)c1F. The molecule has 0 aliphatic heterocycles. The molecule has 0 amide bonds. The second-order valence-electron chi connectivity index (χ2n) is 3.91. The van der Waals surface area contributed by atoms with Gasteiger partial charge in [-0.2, -0.15) is 0 Å². The third kappa shape index (κ3) is 2.79. The second-order valence-corrected chi connectivity index (χ2v) is 4.32. The van der Waals surface area contributed by atoms with Gasteiger partial charge in [-0.15, -0.1) is 0 Å². The van der Waals surface area contributed by atoms with E-state index in [0.717, 1.165) is 0 Å². The van der Waals surface area contributed by atoms with Gasteiger partial charge in [0.1, 0.15) is 24.0 Å². The van der Waals surface area contributed by atoms with Crippen molar-refractivity contribution in [2.45, 2.75) is 13.5 Å². The van der Waals surface area contributed by atoms with Crippen molar-refractivity contribution in [3.05, 3.63) is 64.2 Å². The molecule has 0 N–H and O–H groups in total. The maximum Gasteiger partial charge on any atom is 0.148 e. The van der Waals surface area contributed by atoms with Crippen LogP contribution in [0.25, 0.3) is 0 Å². The van der Waals surface area contributed by atoms with Crippen LogP contribution < -0.4 is 4.74 Å². The Morgan fingerprint density at radius 2 is 1.94 bits per heavy atom. The van der Waals surface area contributed by atoms with Gasteiger partial charge in [0.2, 0.25) is 0 Å². The van der Waals surface area contributed by atoms with Crippen molar-refractivity contribution in [1.82, 2.24) is 0 Å². The highest BCUT2D eigenvalue weighted by Gasteiger charge is 2.08. The third-order valence-electron chi connectivity index (χ3n) is 2.55. The van der Waals surface area contributed by atoms with Crippen LogP contribution in [0.5, 0.6) is 5.75 Å². The lowest BCUT2D eigenvalue weighted by molar-refractivity contribution is 0.297. The molecule has 0 saturated heterocycles. The van der Waals surface area contributed by atoms with Gasteiger partial charge in [0.15, 0.2) is 0 Å². The summed E-state index contributed by atoms with van der Waals surface area (Å²) in [6.07, 6.45) is 0.